The van der Waals surface area contributed by atoms with Crippen LogP contribution in [0.5, 0.6) is 0 Å². The number of aliphatic hydroxyl groups is 1. The smallest absolute Gasteiger partial charge is 0.315 e. The fraction of sp³-hybridized carbons (Fsp3) is 0.632. The molecular formula is C19H31N3O2. The van der Waals surface area contributed by atoms with Crippen molar-refractivity contribution < 1.29 is 9.90 Å². The number of urea groups is 1. The summed E-state index contributed by atoms with van der Waals surface area (Å²) in [5.41, 5.74) is 2.79. The van der Waals surface area contributed by atoms with E-state index in [1.165, 1.54) is 11.3 Å². The second-order valence-electron chi connectivity index (χ2n) is 7.54. The third-order valence-corrected chi connectivity index (χ3v) is 4.55. The SMILES string of the molecule is CC(C)(C)c1ccc(N2CCC(NC(=O)NCCCO)CC2)cc1. The number of carbonyl (C=O) groups excluding carboxylic acids is 1. The van der Waals surface area contributed by atoms with E-state index in [-0.39, 0.29) is 24.1 Å². The Labute approximate surface area is 145 Å². The largest absolute Gasteiger partial charge is 0.396 e. The molecule has 2 rings (SSSR count). The first-order valence-electron chi connectivity index (χ1n) is 8.91. The number of carbonyl (C=O) groups is 1. The lowest BCUT2D eigenvalue weighted by molar-refractivity contribution is 0.232. The molecule has 134 valence electrons. The Kier molecular flexibility index (Phi) is 6.49. The fourth-order valence-electron chi connectivity index (χ4n) is 2.97. The van der Waals surface area contributed by atoms with Gasteiger partial charge in [-0.1, -0.05) is 32.9 Å². The maximum Gasteiger partial charge on any atom is 0.315 e. The minimum atomic E-state index is -0.128. The summed E-state index contributed by atoms with van der Waals surface area (Å²) < 4.78 is 0. The number of hydrogen-bond acceptors (Lipinski definition) is 3. The molecule has 0 atom stereocenters. The van der Waals surface area contributed by atoms with Gasteiger partial charge < -0.3 is 20.6 Å². The highest BCUT2D eigenvalue weighted by Gasteiger charge is 2.21. The van der Waals surface area contributed by atoms with E-state index in [2.05, 4.69) is 60.6 Å². The number of nitrogens with zero attached hydrogens (tertiary/aromatic N) is 1. The van der Waals surface area contributed by atoms with Crippen LogP contribution in [-0.2, 0) is 5.41 Å². The first kappa shape index (κ1) is 18.6. The average molecular weight is 333 g/mol. The van der Waals surface area contributed by atoms with Crippen molar-refractivity contribution in [3.05, 3.63) is 29.8 Å². The number of nitrogens with one attached hydrogen (secondary N) is 2. The highest BCUT2D eigenvalue weighted by Crippen LogP contribution is 2.26. The summed E-state index contributed by atoms with van der Waals surface area (Å²) in [4.78, 5) is 14.1. The topological polar surface area (TPSA) is 64.6 Å². The van der Waals surface area contributed by atoms with E-state index in [0.29, 0.717) is 13.0 Å². The van der Waals surface area contributed by atoms with Crippen molar-refractivity contribution in [2.24, 2.45) is 0 Å². The molecule has 0 radical (unpaired) electrons. The minimum Gasteiger partial charge on any atom is -0.396 e. The van der Waals surface area contributed by atoms with Crippen LogP contribution < -0.4 is 15.5 Å². The molecule has 0 saturated carbocycles. The standard InChI is InChI=1S/C19H31N3O2/c1-19(2,3)15-5-7-17(8-6-15)22-12-9-16(10-13-22)21-18(24)20-11-4-14-23/h5-8,16,23H,4,9-14H2,1-3H3,(H2,20,21,24). The molecule has 0 aliphatic carbocycles. The molecule has 1 saturated heterocycles. The van der Waals surface area contributed by atoms with Gasteiger partial charge in [-0.2, -0.15) is 0 Å². The number of aliphatic hydroxyl groups excluding tert-OH is 1. The van der Waals surface area contributed by atoms with Gasteiger partial charge in [0.25, 0.3) is 0 Å². The molecule has 3 N–H and O–H groups in total. The van der Waals surface area contributed by atoms with Crippen molar-refractivity contribution in [3.63, 3.8) is 0 Å². The molecule has 1 heterocycles. The molecule has 2 amide bonds. The van der Waals surface area contributed by atoms with E-state index in [1.807, 2.05) is 0 Å². The lowest BCUT2D eigenvalue weighted by atomic mass is 9.87. The lowest BCUT2D eigenvalue weighted by Gasteiger charge is -2.34. The van der Waals surface area contributed by atoms with Crippen molar-refractivity contribution in [1.29, 1.82) is 0 Å². The van der Waals surface area contributed by atoms with Gasteiger partial charge in [0, 0.05) is 38.0 Å². The zero-order valence-electron chi connectivity index (χ0n) is 15.1. The summed E-state index contributed by atoms with van der Waals surface area (Å²) in [7, 11) is 0. The second-order valence-corrected chi connectivity index (χ2v) is 7.54. The zero-order chi connectivity index (χ0) is 17.6. The van der Waals surface area contributed by atoms with Gasteiger partial charge in [0.05, 0.1) is 0 Å². The predicted molar refractivity (Wildman–Crippen MR) is 98.6 cm³/mol. The van der Waals surface area contributed by atoms with Crippen LogP contribution in [-0.4, -0.2) is 43.4 Å². The Morgan fingerprint density at radius 1 is 1.21 bits per heavy atom. The normalized spacial score (nSPS) is 16.1. The average Bonchev–Trinajstić information content (AvgIpc) is 2.55. The van der Waals surface area contributed by atoms with Crippen LogP contribution in [0.3, 0.4) is 0 Å². The highest BCUT2D eigenvalue weighted by atomic mass is 16.3. The van der Waals surface area contributed by atoms with Gasteiger partial charge in [0.15, 0.2) is 0 Å². The van der Waals surface area contributed by atoms with Crippen LogP contribution in [0.15, 0.2) is 24.3 Å². The summed E-state index contributed by atoms with van der Waals surface area (Å²) in [6.45, 7) is 9.21. The van der Waals surface area contributed by atoms with Gasteiger partial charge in [-0.05, 0) is 42.4 Å². The molecule has 0 aromatic heterocycles. The van der Waals surface area contributed by atoms with Crippen molar-refractivity contribution in [1.82, 2.24) is 10.6 Å². The maximum atomic E-state index is 11.8. The van der Waals surface area contributed by atoms with E-state index >= 15 is 0 Å². The summed E-state index contributed by atoms with van der Waals surface area (Å²) in [5.74, 6) is 0. The second kappa shape index (κ2) is 8.38. The first-order valence-corrected chi connectivity index (χ1v) is 8.91. The molecule has 5 heteroatoms. The number of hydrogen-bond donors (Lipinski definition) is 3. The van der Waals surface area contributed by atoms with Crippen molar-refractivity contribution in [2.75, 3.05) is 31.1 Å². The Morgan fingerprint density at radius 3 is 2.38 bits per heavy atom. The van der Waals surface area contributed by atoms with Gasteiger partial charge in [0.1, 0.15) is 0 Å². The van der Waals surface area contributed by atoms with Crippen LogP contribution in [0.4, 0.5) is 10.5 Å². The molecule has 24 heavy (non-hydrogen) atoms. The van der Waals surface area contributed by atoms with Gasteiger partial charge in [-0.3, -0.25) is 0 Å². The number of piperidine rings is 1. The van der Waals surface area contributed by atoms with Crippen LogP contribution in [0.25, 0.3) is 0 Å². The quantitative estimate of drug-likeness (QED) is 0.726. The Hall–Kier alpha value is -1.75. The van der Waals surface area contributed by atoms with E-state index in [4.69, 9.17) is 5.11 Å². The summed E-state index contributed by atoms with van der Waals surface area (Å²) >= 11 is 0. The van der Waals surface area contributed by atoms with E-state index in [0.717, 1.165) is 25.9 Å². The van der Waals surface area contributed by atoms with E-state index in [9.17, 15) is 4.79 Å². The maximum absolute atomic E-state index is 11.8. The van der Waals surface area contributed by atoms with Crippen LogP contribution in [0, 0.1) is 0 Å². The molecule has 5 nitrogen and oxygen atoms in total. The Balaban J connectivity index is 1.79. The van der Waals surface area contributed by atoms with Gasteiger partial charge in [-0.25, -0.2) is 4.79 Å². The first-order chi connectivity index (χ1) is 11.4. The number of rotatable bonds is 5. The minimum absolute atomic E-state index is 0.104. The van der Waals surface area contributed by atoms with Crippen LogP contribution in [0.2, 0.25) is 0 Å². The van der Waals surface area contributed by atoms with Gasteiger partial charge >= 0.3 is 6.03 Å². The molecule has 0 spiro atoms. The van der Waals surface area contributed by atoms with E-state index in [1.54, 1.807) is 0 Å². The number of benzene rings is 1. The Bertz CT molecular complexity index is 514. The molecular weight excluding hydrogens is 302 g/mol. The summed E-state index contributed by atoms with van der Waals surface area (Å²) in [6, 6.07) is 8.94. The predicted octanol–water partition coefficient (Wildman–Crippen LogP) is 2.63. The molecule has 1 aromatic rings. The Morgan fingerprint density at radius 2 is 1.83 bits per heavy atom. The third-order valence-electron chi connectivity index (χ3n) is 4.55. The van der Waals surface area contributed by atoms with Crippen LogP contribution in [0.1, 0.15) is 45.6 Å². The van der Waals surface area contributed by atoms with E-state index < -0.39 is 0 Å². The van der Waals surface area contributed by atoms with Crippen molar-refractivity contribution in [2.45, 2.75) is 51.5 Å². The highest BCUT2D eigenvalue weighted by molar-refractivity contribution is 5.74. The zero-order valence-corrected chi connectivity index (χ0v) is 15.1. The van der Waals surface area contributed by atoms with Gasteiger partial charge in [-0.15, -0.1) is 0 Å². The molecule has 0 bridgehead atoms. The molecule has 1 aliphatic heterocycles. The monoisotopic (exact) mass is 333 g/mol. The molecule has 0 unspecified atom stereocenters. The summed E-state index contributed by atoms with van der Waals surface area (Å²) in [5, 5.41) is 14.5. The third kappa shape index (κ3) is 5.41. The van der Waals surface area contributed by atoms with Crippen molar-refractivity contribution >= 4 is 11.7 Å². The number of amides is 2. The fourth-order valence-corrected chi connectivity index (χ4v) is 2.97. The molecule has 1 fully saturated rings. The number of anilines is 1. The van der Waals surface area contributed by atoms with Gasteiger partial charge in [0.2, 0.25) is 0 Å². The van der Waals surface area contributed by atoms with Crippen LogP contribution >= 0.6 is 0 Å². The molecule has 1 aromatic carbocycles. The van der Waals surface area contributed by atoms with Crippen molar-refractivity contribution in [3.8, 4) is 0 Å². The lowest BCUT2D eigenvalue weighted by Crippen LogP contribution is -2.48. The summed E-state index contributed by atoms with van der Waals surface area (Å²) in [6.07, 6.45) is 2.50. The molecule has 1 aliphatic rings.